The first-order valence-electron chi connectivity index (χ1n) is 7.74. The lowest BCUT2D eigenvalue weighted by Crippen LogP contribution is -2.52. The second-order valence-electron chi connectivity index (χ2n) is 5.94. The van der Waals surface area contributed by atoms with Crippen LogP contribution in [0.3, 0.4) is 0 Å². The molecule has 6 nitrogen and oxygen atoms in total. The first-order chi connectivity index (χ1) is 11.3. The van der Waals surface area contributed by atoms with Crippen molar-refractivity contribution in [2.24, 2.45) is 5.73 Å². The number of benzene rings is 1. The lowest BCUT2D eigenvalue weighted by atomic mass is 9.97. The van der Waals surface area contributed by atoms with Crippen LogP contribution in [-0.4, -0.2) is 33.0 Å². The first-order valence-corrected chi connectivity index (χ1v) is 9.98. The minimum absolute atomic E-state index is 0.0169. The molecule has 0 spiro atoms. The summed E-state index contributed by atoms with van der Waals surface area (Å²) in [5.41, 5.74) is 5.42. The summed E-state index contributed by atoms with van der Waals surface area (Å²) in [7, 11) is -3.88. The van der Waals surface area contributed by atoms with E-state index in [-0.39, 0.29) is 39.4 Å². The maximum absolute atomic E-state index is 12.3. The summed E-state index contributed by atoms with van der Waals surface area (Å²) in [6, 6.07) is 4.45. The Labute approximate surface area is 152 Å². The van der Waals surface area contributed by atoms with Gasteiger partial charge in [0.05, 0.1) is 15.6 Å². The molecule has 0 radical (unpaired) electrons. The zero-order chi connectivity index (χ0) is 17.8. The molecule has 24 heavy (non-hydrogen) atoms. The highest BCUT2D eigenvalue weighted by molar-refractivity contribution is 7.89. The number of carbonyl (C=O) groups excluding carboxylic acids is 1. The van der Waals surface area contributed by atoms with Crippen LogP contribution in [0, 0.1) is 0 Å². The van der Waals surface area contributed by atoms with E-state index in [0.717, 1.165) is 25.7 Å². The predicted molar refractivity (Wildman–Crippen MR) is 94.7 cm³/mol. The second kappa shape index (κ2) is 8.01. The molecular formula is C15H21Cl2N3O3S. The van der Waals surface area contributed by atoms with Gasteiger partial charge in [0, 0.05) is 19.5 Å². The van der Waals surface area contributed by atoms with Crippen molar-refractivity contribution in [2.45, 2.75) is 42.5 Å². The van der Waals surface area contributed by atoms with Crippen LogP contribution in [-0.2, 0) is 14.8 Å². The normalized spacial score (nSPS) is 17.0. The minimum atomic E-state index is -3.88. The van der Waals surface area contributed by atoms with Gasteiger partial charge in [-0.15, -0.1) is 0 Å². The average Bonchev–Trinajstić information content (AvgIpc) is 2.95. The van der Waals surface area contributed by atoms with Crippen LogP contribution in [0.1, 0.15) is 32.1 Å². The first kappa shape index (κ1) is 19.5. The van der Waals surface area contributed by atoms with Crippen molar-refractivity contribution in [1.29, 1.82) is 0 Å². The number of hydrogen-bond donors (Lipinski definition) is 3. The van der Waals surface area contributed by atoms with Gasteiger partial charge in [0.25, 0.3) is 0 Å². The Morgan fingerprint density at radius 2 is 1.79 bits per heavy atom. The highest BCUT2D eigenvalue weighted by atomic mass is 35.5. The van der Waals surface area contributed by atoms with Gasteiger partial charge in [-0.3, -0.25) is 4.79 Å². The molecule has 1 aromatic carbocycles. The Hall–Kier alpha value is -0.860. The SMILES string of the molecule is NCC1(NC(=O)CCNS(=O)(=O)c2c(Cl)cccc2Cl)CCCC1. The Morgan fingerprint density at radius 3 is 2.33 bits per heavy atom. The van der Waals surface area contributed by atoms with Gasteiger partial charge in [-0.25, -0.2) is 13.1 Å². The summed E-state index contributed by atoms with van der Waals surface area (Å²) in [6.07, 6.45) is 3.81. The maximum atomic E-state index is 12.3. The van der Waals surface area contributed by atoms with E-state index in [9.17, 15) is 13.2 Å². The predicted octanol–water partition coefficient (Wildman–Crippen LogP) is 2.05. The van der Waals surface area contributed by atoms with Crippen molar-refractivity contribution in [1.82, 2.24) is 10.0 Å². The summed E-state index contributed by atoms with van der Waals surface area (Å²) in [4.78, 5) is 11.9. The Morgan fingerprint density at radius 1 is 1.21 bits per heavy atom. The average molecular weight is 394 g/mol. The number of sulfonamides is 1. The number of rotatable bonds is 7. The molecule has 4 N–H and O–H groups in total. The van der Waals surface area contributed by atoms with Crippen molar-refractivity contribution in [3.05, 3.63) is 28.2 Å². The second-order valence-corrected chi connectivity index (χ2v) is 8.46. The van der Waals surface area contributed by atoms with Crippen LogP contribution >= 0.6 is 23.2 Å². The smallest absolute Gasteiger partial charge is 0.243 e. The molecule has 1 aliphatic rings. The van der Waals surface area contributed by atoms with E-state index in [4.69, 9.17) is 28.9 Å². The molecule has 1 aromatic rings. The van der Waals surface area contributed by atoms with Gasteiger partial charge in [0.15, 0.2) is 0 Å². The van der Waals surface area contributed by atoms with E-state index in [1.165, 1.54) is 12.1 Å². The third-order valence-corrected chi connectivity index (χ3v) is 6.60. The fourth-order valence-electron chi connectivity index (χ4n) is 2.90. The third-order valence-electron chi connectivity index (χ3n) is 4.19. The summed E-state index contributed by atoms with van der Waals surface area (Å²) >= 11 is 11.8. The van der Waals surface area contributed by atoms with Gasteiger partial charge in [-0.1, -0.05) is 42.1 Å². The molecule has 0 atom stereocenters. The highest BCUT2D eigenvalue weighted by Gasteiger charge is 2.33. The zero-order valence-corrected chi connectivity index (χ0v) is 15.5. The van der Waals surface area contributed by atoms with Crippen LogP contribution in [0.25, 0.3) is 0 Å². The lowest BCUT2D eigenvalue weighted by Gasteiger charge is -2.28. The maximum Gasteiger partial charge on any atom is 0.243 e. The highest BCUT2D eigenvalue weighted by Crippen LogP contribution is 2.29. The molecular weight excluding hydrogens is 373 g/mol. The van der Waals surface area contributed by atoms with Crippen LogP contribution in [0.15, 0.2) is 23.1 Å². The minimum Gasteiger partial charge on any atom is -0.349 e. The molecule has 0 bridgehead atoms. The van der Waals surface area contributed by atoms with E-state index < -0.39 is 10.0 Å². The number of hydrogen-bond acceptors (Lipinski definition) is 4. The largest absolute Gasteiger partial charge is 0.349 e. The van der Waals surface area contributed by atoms with E-state index >= 15 is 0 Å². The lowest BCUT2D eigenvalue weighted by molar-refractivity contribution is -0.122. The molecule has 2 rings (SSSR count). The van der Waals surface area contributed by atoms with Crippen LogP contribution in [0.5, 0.6) is 0 Å². The van der Waals surface area contributed by atoms with Crippen molar-refractivity contribution >= 4 is 39.1 Å². The molecule has 0 unspecified atom stereocenters. The molecule has 1 fully saturated rings. The van der Waals surface area contributed by atoms with Crippen molar-refractivity contribution < 1.29 is 13.2 Å². The van der Waals surface area contributed by atoms with Crippen molar-refractivity contribution in [3.8, 4) is 0 Å². The number of carbonyl (C=O) groups is 1. The van der Waals surface area contributed by atoms with Crippen molar-refractivity contribution in [2.75, 3.05) is 13.1 Å². The van der Waals surface area contributed by atoms with E-state index in [1.807, 2.05) is 0 Å². The van der Waals surface area contributed by atoms with E-state index in [0.29, 0.717) is 6.54 Å². The van der Waals surface area contributed by atoms with Gasteiger partial charge in [-0.2, -0.15) is 0 Å². The Bertz CT molecular complexity index is 684. The van der Waals surface area contributed by atoms with Gasteiger partial charge < -0.3 is 11.1 Å². The molecule has 0 saturated heterocycles. The fraction of sp³-hybridized carbons (Fsp3) is 0.533. The molecule has 134 valence electrons. The van der Waals surface area contributed by atoms with Crippen LogP contribution in [0.2, 0.25) is 10.0 Å². The van der Waals surface area contributed by atoms with Gasteiger partial charge >= 0.3 is 0 Å². The van der Waals surface area contributed by atoms with Gasteiger partial charge in [-0.05, 0) is 25.0 Å². The Balaban J connectivity index is 1.92. The molecule has 1 amide bonds. The number of nitrogens with one attached hydrogen (secondary N) is 2. The molecule has 0 aliphatic heterocycles. The number of nitrogens with two attached hydrogens (primary N) is 1. The monoisotopic (exact) mass is 393 g/mol. The summed E-state index contributed by atoms with van der Waals surface area (Å²) < 4.78 is 26.9. The summed E-state index contributed by atoms with van der Waals surface area (Å²) in [5.74, 6) is -0.227. The molecule has 1 saturated carbocycles. The van der Waals surface area contributed by atoms with Crippen LogP contribution in [0.4, 0.5) is 0 Å². The standard InChI is InChI=1S/C15H21Cl2N3O3S/c16-11-4-3-5-12(17)14(11)24(22,23)19-9-6-13(21)20-15(10-18)7-1-2-8-15/h3-5,19H,1-2,6-10,18H2,(H,20,21). The van der Waals surface area contributed by atoms with Crippen LogP contribution < -0.4 is 15.8 Å². The van der Waals surface area contributed by atoms with E-state index in [2.05, 4.69) is 10.0 Å². The molecule has 0 aromatic heterocycles. The molecule has 9 heteroatoms. The topological polar surface area (TPSA) is 101 Å². The Kier molecular flexibility index (Phi) is 6.50. The third kappa shape index (κ3) is 4.61. The van der Waals surface area contributed by atoms with Gasteiger partial charge in [0.1, 0.15) is 4.90 Å². The zero-order valence-electron chi connectivity index (χ0n) is 13.1. The molecule has 1 aliphatic carbocycles. The fourth-order valence-corrected chi connectivity index (χ4v) is 5.07. The van der Waals surface area contributed by atoms with Gasteiger partial charge in [0.2, 0.25) is 15.9 Å². The molecule has 0 heterocycles. The number of amides is 1. The van der Waals surface area contributed by atoms with E-state index in [1.54, 1.807) is 6.07 Å². The quantitative estimate of drug-likeness (QED) is 0.659. The summed E-state index contributed by atoms with van der Waals surface area (Å²) in [5, 5.41) is 3.01. The summed E-state index contributed by atoms with van der Waals surface area (Å²) in [6.45, 7) is 0.343. The van der Waals surface area contributed by atoms with Crippen molar-refractivity contribution in [3.63, 3.8) is 0 Å². The number of halogens is 2.